The van der Waals surface area contributed by atoms with Crippen molar-refractivity contribution in [2.24, 2.45) is 0 Å². The van der Waals surface area contributed by atoms with Crippen LogP contribution in [-0.4, -0.2) is 24.7 Å². The molecule has 6 nitrogen and oxygen atoms in total. The molecular formula is C23H21ClF2N6S. The highest BCUT2D eigenvalue weighted by molar-refractivity contribution is 7.80. The van der Waals surface area contributed by atoms with E-state index in [1.165, 1.54) is 12.1 Å². The molecule has 10 heteroatoms. The Kier molecular flexibility index (Phi) is 6.71. The summed E-state index contributed by atoms with van der Waals surface area (Å²) in [5, 5.41) is 15.7. The van der Waals surface area contributed by atoms with Gasteiger partial charge in [-0.3, -0.25) is 9.36 Å². The lowest BCUT2D eigenvalue weighted by Crippen LogP contribution is -2.20. The number of anilines is 2. The number of nitrogens with zero attached hydrogens (tertiary/aromatic N) is 4. The topological polar surface area (TPSA) is 59.7 Å². The number of thiocarbonyl (C=S) groups is 1. The lowest BCUT2D eigenvalue weighted by atomic mass is 10.2. The van der Waals surface area contributed by atoms with Crippen LogP contribution in [0, 0.1) is 25.5 Å². The zero-order valence-corrected chi connectivity index (χ0v) is 19.5. The first-order chi connectivity index (χ1) is 15.8. The van der Waals surface area contributed by atoms with Crippen LogP contribution in [0.5, 0.6) is 0 Å². The van der Waals surface area contributed by atoms with E-state index in [-0.39, 0.29) is 18.2 Å². The first kappa shape index (κ1) is 22.9. The highest BCUT2D eigenvalue weighted by Crippen LogP contribution is 2.24. The molecule has 2 aromatic carbocycles. The van der Waals surface area contributed by atoms with Gasteiger partial charge in [-0.15, -0.1) is 0 Å². The lowest BCUT2D eigenvalue weighted by Gasteiger charge is -2.11. The number of hydrogen-bond acceptors (Lipinski definition) is 3. The highest BCUT2D eigenvalue weighted by atomic mass is 35.5. The summed E-state index contributed by atoms with van der Waals surface area (Å²) in [7, 11) is 0. The van der Waals surface area contributed by atoms with Crippen LogP contribution >= 0.6 is 23.8 Å². The first-order valence-electron chi connectivity index (χ1n) is 10.1. The quantitative estimate of drug-likeness (QED) is 0.351. The van der Waals surface area contributed by atoms with E-state index in [1.807, 2.05) is 13.8 Å². The Hall–Kier alpha value is -3.30. The maximum Gasteiger partial charge on any atom is 0.176 e. The molecule has 0 atom stereocenters. The third-order valence-corrected chi connectivity index (χ3v) is 5.72. The highest BCUT2D eigenvalue weighted by Gasteiger charge is 2.16. The molecule has 0 amide bonds. The van der Waals surface area contributed by atoms with E-state index in [4.69, 9.17) is 23.8 Å². The standard InChI is InChI=1S/C23H21ClF2N6S/c1-14-22(15(2)32(29-14)13-17-18(24)7-5-9-20(17)26)28-23(33)27-21-10-11-31(30-21)12-16-6-3-4-8-19(16)25/h3-11H,12-13H2,1-2H3,(H2,27,28,30,33). The maximum atomic E-state index is 14.2. The minimum atomic E-state index is -0.382. The molecule has 0 aliphatic heterocycles. The Labute approximate surface area is 200 Å². The normalized spacial score (nSPS) is 10.9. The van der Waals surface area contributed by atoms with Crippen LogP contribution in [0.25, 0.3) is 0 Å². The van der Waals surface area contributed by atoms with Crippen molar-refractivity contribution in [2.75, 3.05) is 10.6 Å². The molecule has 0 bridgehead atoms. The molecule has 2 N–H and O–H groups in total. The van der Waals surface area contributed by atoms with E-state index >= 15 is 0 Å². The first-order valence-corrected chi connectivity index (χ1v) is 10.9. The molecule has 0 aliphatic rings. The summed E-state index contributed by atoms with van der Waals surface area (Å²) in [5.74, 6) is -0.142. The summed E-state index contributed by atoms with van der Waals surface area (Å²) in [5.41, 5.74) is 3.11. The second-order valence-corrected chi connectivity index (χ2v) is 8.29. The smallest absolute Gasteiger partial charge is 0.176 e. The zero-order chi connectivity index (χ0) is 23.5. The van der Waals surface area contributed by atoms with Gasteiger partial charge in [0.1, 0.15) is 11.6 Å². The van der Waals surface area contributed by atoms with E-state index in [2.05, 4.69) is 20.8 Å². The SMILES string of the molecule is Cc1nn(Cc2c(F)cccc2Cl)c(C)c1NC(=S)Nc1ccn(Cc2ccccc2F)n1. The minimum absolute atomic E-state index is 0.195. The predicted octanol–water partition coefficient (Wildman–Crippen LogP) is 5.53. The van der Waals surface area contributed by atoms with E-state index < -0.39 is 0 Å². The molecule has 2 aromatic heterocycles. The van der Waals surface area contributed by atoms with Gasteiger partial charge >= 0.3 is 0 Å². The van der Waals surface area contributed by atoms with Gasteiger partial charge in [0.05, 0.1) is 30.2 Å². The summed E-state index contributed by atoms with van der Waals surface area (Å²) in [6.45, 7) is 4.20. The van der Waals surface area contributed by atoms with E-state index in [0.29, 0.717) is 45.0 Å². The summed E-state index contributed by atoms with van der Waals surface area (Å²) in [4.78, 5) is 0. The van der Waals surface area contributed by atoms with Crippen molar-refractivity contribution < 1.29 is 8.78 Å². The molecule has 0 fully saturated rings. The zero-order valence-electron chi connectivity index (χ0n) is 17.9. The number of aryl methyl sites for hydroxylation is 1. The number of nitrogens with one attached hydrogen (secondary N) is 2. The van der Waals surface area contributed by atoms with Crippen LogP contribution in [0.3, 0.4) is 0 Å². The third-order valence-electron chi connectivity index (χ3n) is 5.16. The number of rotatable bonds is 6. The van der Waals surface area contributed by atoms with Crippen LogP contribution in [0.4, 0.5) is 20.3 Å². The van der Waals surface area contributed by atoms with Gasteiger partial charge in [-0.1, -0.05) is 35.9 Å². The molecule has 4 aromatic rings. The second kappa shape index (κ2) is 9.68. The molecule has 4 rings (SSSR count). The number of hydrogen-bond donors (Lipinski definition) is 2. The van der Waals surface area contributed by atoms with Crippen LogP contribution in [0.2, 0.25) is 5.02 Å². The van der Waals surface area contributed by atoms with Gasteiger partial charge in [0.15, 0.2) is 10.9 Å². The molecule has 0 radical (unpaired) electrons. The van der Waals surface area contributed by atoms with Crippen molar-refractivity contribution in [1.29, 1.82) is 0 Å². The Bertz CT molecular complexity index is 1300. The summed E-state index contributed by atoms with van der Waals surface area (Å²) in [6.07, 6.45) is 1.74. The van der Waals surface area contributed by atoms with Crippen molar-refractivity contribution in [1.82, 2.24) is 19.6 Å². The van der Waals surface area contributed by atoms with E-state index in [0.717, 1.165) is 5.69 Å². The molecule has 33 heavy (non-hydrogen) atoms. The van der Waals surface area contributed by atoms with Crippen LogP contribution < -0.4 is 10.6 Å². The number of halogens is 3. The van der Waals surface area contributed by atoms with E-state index in [9.17, 15) is 8.78 Å². The van der Waals surface area contributed by atoms with Gasteiger partial charge in [0.25, 0.3) is 0 Å². The molecular weight excluding hydrogens is 466 g/mol. The van der Waals surface area contributed by atoms with E-state index in [1.54, 1.807) is 52.0 Å². The van der Waals surface area contributed by atoms with Crippen LogP contribution in [0.1, 0.15) is 22.5 Å². The molecule has 170 valence electrons. The van der Waals surface area contributed by atoms with Crippen LogP contribution in [0.15, 0.2) is 54.7 Å². The average molecular weight is 487 g/mol. The Morgan fingerprint density at radius 3 is 2.48 bits per heavy atom. The minimum Gasteiger partial charge on any atom is -0.329 e. The predicted molar refractivity (Wildman–Crippen MR) is 130 cm³/mol. The molecule has 0 spiro atoms. The van der Waals surface area contributed by atoms with Gasteiger partial charge in [0, 0.05) is 28.4 Å². The fraction of sp³-hybridized carbons (Fsp3) is 0.174. The summed E-state index contributed by atoms with van der Waals surface area (Å²) < 4.78 is 31.4. The second-order valence-electron chi connectivity index (χ2n) is 7.47. The van der Waals surface area contributed by atoms with Crippen molar-refractivity contribution >= 4 is 40.4 Å². The maximum absolute atomic E-state index is 14.2. The fourth-order valence-electron chi connectivity index (χ4n) is 3.44. The molecule has 0 saturated carbocycles. The Morgan fingerprint density at radius 1 is 0.970 bits per heavy atom. The number of aromatic nitrogens is 4. The van der Waals surface area contributed by atoms with Crippen molar-refractivity contribution in [2.45, 2.75) is 26.9 Å². The van der Waals surface area contributed by atoms with Crippen LogP contribution in [-0.2, 0) is 13.1 Å². The molecule has 0 aliphatic carbocycles. The molecule has 2 heterocycles. The van der Waals surface area contributed by atoms with Gasteiger partial charge in [-0.05, 0) is 44.3 Å². The monoisotopic (exact) mass is 486 g/mol. The third kappa shape index (κ3) is 5.20. The van der Waals surface area contributed by atoms with Crippen molar-refractivity contribution in [3.63, 3.8) is 0 Å². The molecule has 0 saturated heterocycles. The summed E-state index contributed by atoms with van der Waals surface area (Å²) >= 11 is 11.6. The van der Waals surface area contributed by atoms with Gasteiger partial charge in [0.2, 0.25) is 0 Å². The fourth-order valence-corrected chi connectivity index (χ4v) is 3.87. The molecule has 0 unspecified atom stereocenters. The average Bonchev–Trinajstić information content (AvgIpc) is 3.31. The summed E-state index contributed by atoms with van der Waals surface area (Å²) in [6, 6.07) is 12.9. The van der Waals surface area contributed by atoms with Crippen molar-refractivity contribution in [3.8, 4) is 0 Å². The lowest BCUT2D eigenvalue weighted by molar-refractivity contribution is 0.579. The largest absolute Gasteiger partial charge is 0.329 e. The van der Waals surface area contributed by atoms with Gasteiger partial charge in [-0.25, -0.2) is 8.78 Å². The van der Waals surface area contributed by atoms with Gasteiger partial charge in [-0.2, -0.15) is 10.2 Å². The Morgan fingerprint density at radius 2 is 1.73 bits per heavy atom. The van der Waals surface area contributed by atoms with Gasteiger partial charge < -0.3 is 10.6 Å². The Balaban J connectivity index is 1.43. The van der Waals surface area contributed by atoms with Crippen molar-refractivity contribution in [3.05, 3.63) is 93.9 Å². The number of benzene rings is 2.